The first kappa shape index (κ1) is 14.9. The number of nitrogens with two attached hydrogens (primary N) is 1. The van der Waals surface area contributed by atoms with Crippen molar-refractivity contribution in [2.24, 2.45) is 11.7 Å². The lowest BCUT2D eigenvalue weighted by atomic mass is 9.86. The minimum Gasteiger partial charge on any atom is -0.394 e. The van der Waals surface area contributed by atoms with Gasteiger partial charge >= 0.3 is 0 Å². The lowest BCUT2D eigenvalue weighted by Gasteiger charge is -2.32. The van der Waals surface area contributed by atoms with E-state index in [1.807, 2.05) is 0 Å². The van der Waals surface area contributed by atoms with Crippen LogP contribution in [0.15, 0.2) is 0 Å². The molecule has 3 nitrogen and oxygen atoms in total. The van der Waals surface area contributed by atoms with Crippen LogP contribution < -0.4 is 5.73 Å². The quantitative estimate of drug-likeness (QED) is 0.718. The first-order valence-electron chi connectivity index (χ1n) is 7.13. The van der Waals surface area contributed by atoms with Crippen LogP contribution in [0, 0.1) is 5.92 Å². The fourth-order valence-corrected chi connectivity index (χ4v) is 3.03. The van der Waals surface area contributed by atoms with Gasteiger partial charge in [0.25, 0.3) is 0 Å². The Kier molecular flexibility index (Phi) is 5.90. The largest absolute Gasteiger partial charge is 0.394 e. The Balaban J connectivity index is 2.35. The smallest absolute Gasteiger partial charge is 0.0613 e. The Morgan fingerprint density at radius 3 is 2.82 bits per heavy atom. The molecule has 3 atom stereocenters. The molecule has 1 aliphatic rings. The van der Waals surface area contributed by atoms with Crippen LogP contribution in [0.5, 0.6) is 0 Å². The van der Waals surface area contributed by atoms with Gasteiger partial charge in [0.1, 0.15) is 0 Å². The van der Waals surface area contributed by atoms with Crippen molar-refractivity contribution in [2.45, 2.75) is 64.0 Å². The van der Waals surface area contributed by atoms with Crippen LogP contribution in [0.4, 0.5) is 0 Å². The first-order chi connectivity index (χ1) is 8.03. The van der Waals surface area contributed by atoms with Crippen LogP contribution in [-0.4, -0.2) is 41.8 Å². The summed E-state index contributed by atoms with van der Waals surface area (Å²) in [5.41, 5.74) is 5.96. The second-order valence-electron chi connectivity index (χ2n) is 5.89. The minimum absolute atomic E-state index is 0.145. The standard InChI is InChI=1S/C14H30N2O/c1-4-6-12(2)16(3)10-8-13-7-5-9-14(13,15)11-17/h12-13,17H,4-11,15H2,1-3H3. The first-order valence-corrected chi connectivity index (χ1v) is 7.13. The lowest BCUT2D eigenvalue weighted by Crippen LogP contribution is -2.48. The second-order valence-corrected chi connectivity index (χ2v) is 5.89. The zero-order valence-electron chi connectivity index (χ0n) is 11.8. The van der Waals surface area contributed by atoms with Gasteiger partial charge in [-0.1, -0.05) is 19.8 Å². The van der Waals surface area contributed by atoms with Crippen molar-refractivity contribution in [1.82, 2.24) is 4.90 Å². The highest BCUT2D eigenvalue weighted by molar-refractivity contribution is 4.96. The SMILES string of the molecule is CCCC(C)N(C)CCC1CCCC1(N)CO. The zero-order chi connectivity index (χ0) is 12.9. The van der Waals surface area contributed by atoms with Crippen LogP contribution in [0.25, 0.3) is 0 Å². The van der Waals surface area contributed by atoms with Gasteiger partial charge in [-0.15, -0.1) is 0 Å². The van der Waals surface area contributed by atoms with E-state index in [9.17, 15) is 5.11 Å². The monoisotopic (exact) mass is 242 g/mol. The van der Waals surface area contributed by atoms with Crippen molar-refractivity contribution in [2.75, 3.05) is 20.2 Å². The van der Waals surface area contributed by atoms with E-state index in [-0.39, 0.29) is 12.1 Å². The molecule has 0 aromatic rings. The van der Waals surface area contributed by atoms with Crippen LogP contribution in [-0.2, 0) is 0 Å². The highest BCUT2D eigenvalue weighted by atomic mass is 16.3. The number of hydrogen-bond acceptors (Lipinski definition) is 3. The predicted octanol–water partition coefficient (Wildman–Crippen LogP) is 1.99. The van der Waals surface area contributed by atoms with E-state index in [0.717, 1.165) is 19.4 Å². The van der Waals surface area contributed by atoms with Crippen molar-refractivity contribution in [3.63, 3.8) is 0 Å². The zero-order valence-corrected chi connectivity index (χ0v) is 11.8. The Labute approximate surface area is 106 Å². The number of nitrogens with zero attached hydrogens (tertiary/aromatic N) is 1. The summed E-state index contributed by atoms with van der Waals surface area (Å²) in [6, 6.07) is 0.655. The molecule has 0 heterocycles. The van der Waals surface area contributed by atoms with Gasteiger partial charge in [0.2, 0.25) is 0 Å². The van der Waals surface area contributed by atoms with E-state index >= 15 is 0 Å². The number of aliphatic hydroxyl groups excluding tert-OH is 1. The van der Waals surface area contributed by atoms with E-state index in [2.05, 4.69) is 25.8 Å². The Hall–Kier alpha value is -0.120. The van der Waals surface area contributed by atoms with Crippen LogP contribution >= 0.6 is 0 Å². The third-order valence-electron chi connectivity index (χ3n) is 4.59. The van der Waals surface area contributed by atoms with Crippen molar-refractivity contribution in [3.8, 4) is 0 Å². The summed E-state index contributed by atoms with van der Waals surface area (Å²) >= 11 is 0. The maximum Gasteiger partial charge on any atom is 0.0613 e. The molecule has 0 spiro atoms. The summed E-state index contributed by atoms with van der Waals surface area (Å²) in [6.45, 7) is 5.77. The molecule has 1 aliphatic carbocycles. The summed E-state index contributed by atoms with van der Waals surface area (Å²) in [4.78, 5) is 2.43. The number of hydrogen-bond donors (Lipinski definition) is 2. The molecule has 1 fully saturated rings. The normalized spacial score (nSPS) is 31.1. The van der Waals surface area contributed by atoms with E-state index in [4.69, 9.17) is 5.73 Å². The molecule has 1 rings (SSSR count). The van der Waals surface area contributed by atoms with Gasteiger partial charge in [0.05, 0.1) is 6.61 Å². The maximum absolute atomic E-state index is 9.42. The van der Waals surface area contributed by atoms with Crippen molar-refractivity contribution < 1.29 is 5.11 Å². The van der Waals surface area contributed by atoms with E-state index in [1.54, 1.807) is 0 Å². The van der Waals surface area contributed by atoms with Gasteiger partial charge < -0.3 is 15.7 Å². The Morgan fingerprint density at radius 2 is 2.24 bits per heavy atom. The average molecular weight is 242 g/mol. The maximum atomic E-state index is 9.42. The third-order valence-corrected chi connectivity index (χ3v) is 4.59. The molecule has 0 amide bonds. The molecule has 0 saturated heterocycles. The molecule has 1 saturated carbocycles. The molecule has 0 aliphatic heterocycles. The molecule has 102 valence electrons. The minimum atomic E-state index is -0.297. The van der Waals surface area contributed by atoms with Gasteiger partial charge in [0.15, 0.2) is 0 Å². The van der Waals surface area contributed by atoms with E-state index in [0.29, 0.717) is 12.0 Å². The molecule has 0 aromatic carbocycles. The molecule has 3 N–H and O–H groups in total. The van der Waals surface area contributed by atoms with Crippen molar-refractivity contribution in [3.05, 3.63) is 0 Å². The third kappa shape index (κ3) is 3.94. The van der Waals surface area contributed by atoms with Gasteiger partial charge in [-0.2, -0.15) is 0 Å². The van der Waals surface area contributed by atoms with Crippen LogP contribution in [0.3, 0.4) is 0 Å². The van der Waals surface area contributed by atoms with Crippen LogP contribution in [0.2, 0.25) is 0 Å². The predicted molar refractivity (Wildman–Crippen MR) is 73.0 cm³/mol. The molecular formula is C14H30N2O. The lowest BCUT2D eigenvalue weighted by molar-refractivity contribution is 0.141. The average Bonchev–Trinajstić information content (AvgIpc) is 2.68. The second kappa shape index (κ2) is 6.72. The molecule has 17 heavy (non-hydrogen) atoms. The summed E-state index contributed by atoms with van der Waals surface area (Å²) in [5, 5.41) is 9.42. The molecule has 3 heteroatoms. The van der Waals surface area contributed by atoms with Gasteiger partial charge in [-0.25, -0.2) is 0 Å². The van der Waals surface area contributed by atoms with E-state index in [1.165, 1.54) is 25.7 Å². The summed E-state index contributed by atoms with van der Waals surface area (Å²) in [6.07, 6.45) is 6.98. The topological polar surface area (TPSA) is 49.5 Å². The van der Waals surface area contributed by atoms with Gasteiger partial charge in [-0.3, -0.25) is 0 Å². The summed E-state index contributed by atoms with van der Waals surface area (Å²) < 4.78 is 0. The van der Waals surface area contributed by atoms with Crippen molar-refractivity contribution >= 4 is 0 Å². The highest BCUT2D eigenvalue weighted by Crippen LogP contribution is 2.35. The molecule has 0 bridgehead atoms. The van der Waals surface area contributed by atoms with Crippen LogP contribution in [0.1, 0.15) is 52.4 Å². The summed E-state index contributed by atoms with van der Waals surface area (Å²) in [5.74, 6) is 0.503. The van der Waals surface area contributed by atoms with E-state index < -0.39 is 0 Å². The molecule has 0 aromatic heterocycles. The fraction of sp³-hybridized carbons (Fsp3) is 1.00. The molecular weight excluding hydrogens is 212 g/mol. The highest BCUT2D eigenvalue weighted by Gasteiger charge is 2.38. The fourth-order valence-electron chi connectivity index (χ4n) is 3.03. The molecule has 3 unspecified atom stereocenters. The van der Waals surface area contributed by atoms with Gasteiger partial charge in [-0.05, 0) is 52.1 Å². The number of rotatable bonds is 7. The molecule has 0 radical (unpaired) electrons. The van der Waals surface area contributed by atoms with Crippen molar-refractivity contribution in [1.29, 1.82) is 0 Å². The number of aliphatic hydroxyl groups is 1. The Morgan fingerprint density at radius 1 is 1.53 bits per heavy atom. The summed E-state index contributed by atoms with van der Waals surface area (Å²) in [7, 11) is 2.20. The Bertz CT molecular complexity index is 222. The van der Waals surface area contributed by atoms with Gasteiger partial charge in [0, 0.05) is 11.6 Å².